The smallest absolute Gasteiger partial charge is 0.325 e. The van der Waals surface area contributed by atoms with Gasteiger partial charge in [-0.1, -0.05) is 12.1 Å². The summed E-state index contributed by atoms with van der Waals surface area (Å²) < 4.78 is 9.77. The summed E-state index contributed by atoms with van der Waals surface area (Å²) in [4.78, 5) is 13.4. The van der Waals surface area contributed by atoms with Crippen LogP contribution in [0.2, 0.25) is 0 Å². The third-order valence-electron chi connectivity index (χ3n) is 3.52. The van der Waals surface area contributed by atoms with Gasteiger partial charge in [-0.05, 0) is 17.7 Å². The zero-order chi connectivity index (χ0) is 14.7. The maximum absolute atomic E-state index is 11.7. The number of aliphatic hydroxyl groups is 2. The largest absolute Gasteiger partial charge is 0.497 e. The molecule has 0 unspecified atom stereocenters. The first-order valence-corrected chi connectivity index (χ1v) is 6.37. The molecule has 1 saturated heterocycles. The summed E-state index contributed by atoms with van der Waals surface area (Å²) in [6.07, 6.45) is -2.07. The minimum absolute atomic E-state index is 0.229. The molecule has 2 N–H and O–H groups in total. The monoisotopic (exact) mass is 281 g/mol. The molecule has 0 bridgehead atoms. The second-order valence-corrected chi connectivity index (χ2v) is 4.80. The first-order valence-electron chi connectivity index (χ1n) is 6.37. The van der Waals surface area contributed by atoms with Gasteiger partial charge in [0, 0.05) is 13.1 Å². The Bertz CT molecular complexity index is 461. The molecule has 1 aromatic carbocycles. The van der Waals surface area contributed by atoms with Crippen molar-refractivity contribution in [2.75, 3.05) is 20.8 Å². The number of β-amino-alcohol motifs (C(OH)–C–C–N with tert-alkyl or cyclic N) is 1. The average molecular weight is 281 g/mol. The summed E-state index contributed by atoms with van der Waals surface area (Å²) in [5, 5.41) is 19.6. The third-order valence-corrected chi connectivity index (χ3v) is 3.52. The molecular formula is C14H19NO5. The Morgan fingerprint density at radius 3 is 2.50 bits per heavy atom. The molecule has 0 amide bonds. The zero-order valence-corrected chi connectivity index (χ0v) is 11.5. The van der Waals surface area contributed by atoms with Crippen LogP contribution in [0.1, 0.15) is 5.56 Å². The van der Waals surface area contributed by atoms with E-state index < -0.39 is 24.2 Å². The number of carbonyl (C=O) groups excluding carboxylic acids is 1. The molecule has 1 aromatic rings. The number of hydrogen-bond acceptors (Lipinski definition) is 6. The first-order chi connectivity index (χ1) is 9.56. The Hall–Kier alpha value is -1.63. The standard InChI is InChI=1S/C14H19NO5/c1-19-10-5-3-9(4-6-10)7-15-8-11(16)13(17)12(15)14(18)20-2/h3-6,11-13,16-17H,7-8H2,1-2H3/t11-,12-,13+/m1/s1. The van der Waals surface area contributed by atoms with E-state index in [1.54, 1.807) is 12.0 Å². The fourth-order valence-corrected chi connectivity index (χ4v) is 2.43. The number of aliphatic hydroxyl groups excluding tert-OH is 2. The van der Waals surface area contributed by atoms with E-state index in [9.17, 15) is 15.0 Å². The van der Waals surface area contributed by atoms with Gasteiger partial charge >= 0.3 is 5.97 Å². The zero-order valence-electron chi connectivity index (χ0n) is 11.5. The molecular weight excluding hydrogens is 262 g/mol. The van der Waals surface area contributed by atoms with Crippen molar-refractivity contribution in [2.24, 2.45) is 0 Å². The van der Waals surface area contributed by atoms with Crippen LogP contribution in [-0.2, 0) is 16.1 Å². The number of rotatable bonds is 4. The molecule has 6 nitrogen and oxygen atoms in total. The Balaban J connectivity index is 2.11. The Morgan fingerprint density at radius 2 is 1.95 bits per heavy atom. The third kappa shape index (κ3) is 2.92. The molecule has 0 spiro atoms. The number of esters is 1. The van der Waals surface area contributed by atoms with Crippen LogP contribution in [0.15, 0.2) is 24.3 Å². The van der Waals surface area contributed by atoms with Gasteiger partial charge in [-0.3, -0.25) is 9.69 Å². The number of methoxy groups -OCH3 is 2. The van der Waals surface area contributed by atoms with Gasteiger partial charge in [0.1, 0.15) is 17.9 Å². The summed E-state index contributed by atoms with van der Waals surface area (Å²) >= 11 is 0. The lowest BCUT2D eigenvalue weighted by Gasteiger charge is -2.23. The highest BCUT2D eigenvalue weighted by Crippen LogP contribution is 2.23. The van der Waals surface area contributed by atoms with Crippen LogP contribution in [-0.4, -0.2) is 60.1 Å². The molecule has 1 heterocycles. The van der Waals surface area contributed by atoms with Gasteiger partial charge in [0.2, 0.25) is 0 Å². The van der Waals surface area contributed by atoms with Crippen molar-refractivity contribution >= 4 is 5.97 Å². The Morgan fingerprint density at radius 1 is 1.30 bits per heavy atom. The molecule has 1 aliphatic rings. The van der Waals surface area contributed by atoms with Crippen molar-refractivity contribution in [2.45, 2.75) is 24.8 Å². The van der Waals surface area contributed by atoms with Crippen molar-refractivity contribution in [3.8, 4) is 5.75 Å². The molecule has 3 atom stereocenters. The summed E-state index contributed by atoms with van der Waals surface area (Å²) in [6, 6.07) is 6.57. The van der Waals surface area contributed by atoms with Gasteiger partial charge < -0.3 is 19.7 Å². The van der Waals surface area contributed by atoms with E-state index in [4.69, 9.17) is 4.74 Å². The van der Waals surface area contributed by atoms with Gasteiger partial charge in [-0.2, -0.15) is 0 Å². The highest BCUT2D eigenvalue weighted by Gasteiger charge is 2.44. The second-order valence-electron chi connectivity index (χ2n) is 4.80. The Labute approximate surface area is 117 Å². The molecule has 0 saturated carbocycles. The lowest BCUT2D eigenvalue weighted by molar-refractivity contribution is -0.149. The molecule has 20 heavy (non-hydrogen) atoms. The van der Waals surface area contributed by atoms with E-state index in [2.05, 4.69) is 4.74 Å². The van der Waals surface area contributed by atoms with E-state index in [0.717, 1.165) is 11.3 Å². The van der Waals surface area contributed by atoms with E-state index in [1.165, 1.54) is 7.11 Å². The lowest BCUT2D eigenvalue weighted by atomic mass is 10.1. The molecule has 1 aliphatic heterocycles. The quantitative estimate of drug-likeness (QED) is 0.743. The molecule has 6 heteroatoms. The van der Waals surface area contributed by atoms with Crippen molar-refractivity contribution in [3.63, 3.8) is 0 Å². The summed E-state index contributed by atoms with van der Waals surface area (Å²) in [6.45, 7) is 0.671. The van der Waals surface area contributed by atoms with Crippen LogP contribution < -0.4 is 4.74 Å². The van der Waals surface area contributed by atoms with Gasteiger partial charge in [0.15, 0.2) is 0 Å². The van der Waals surface area contributed by atoms with Crippen molar-refractivity contribution in [1.29, 1.82) is 0 Å². The summed E-state index contributed by atoms with van der Waals surface area (Å²) in [5.74, 6) is 0.210. The first kappa shape index (κ1) is 14.8. The molecule has 0 aromatic heterocycles. The van der Waals surface area contributed by atoms with Gasteiger partial charge in [-0.25, -0.2) is 0 Å². The number of carbonyl (C=O) groups is 1. The van der Waals surface area contributed by atoms with Gasteiger partial charge in [0.25, 0.3) is 0 Å². The van der Waals surface area contributed by atoms with Crippen LogP contribution >= 0.6 is 0 Å². The predicted octanol–water partition coefficient (Wildman–Crippen LogP) is -0.226. The number of benzene rings is 1. The molecule has 110 valence electrons. The van der Waals surface area contributed by atoms with E-state index >= 15 is 0 Å². The molecule has 1 fully saturated rings. The van der Waals surface area contributed by atoms with Crippen molar-refractivity contribution < 1.29 is 24.5 Å². The van der Waals surface area contributed by atoms with E-state index in [-0.39, 0.29) is 6.54 Å². The average Bonchev–Trinajstić information content (AvgIpc) is 2.74. The highest BCUT2D eigenvalue weighted by molar-refractivity contribution is 5.77. The Kier molecular flexibility index (Phi) is 4.59. The molecule has 2 rings (SSSR count). The van der Waals surface area contributed by atoms with Crippen LogP contribution in [0.4, 0.5) is 0 Å². The van der Waals surface area contributed by atoms with Crippen LogP contribution in [0, 0.1) is 0 Å². The SMILES string of the molecule is COC(=O)[C@H]1[C@@H](O)[C@H](O)CN1Cc1ccc(OC)cc1. The maximum Gasteiger partial charge on any atom is 0.325 e. The summed E-state index contributed by atoms with van der Waals surface area (Å²) in [5.41, 5.74) is 0.959. The number of hydrogen-bond donors (Lipinski definition) is 2. The second kappa shape index (κ2) is 6.21. The summed E-state index contributed by atoms with van der Waals surface area (Å²) in [7, 11) is 2.86. The fourth-order valence-electron chi connectivity index (χ4n) is 2.43. The van der Waals surface area contributed by atoms with E-state index in [0.29, 0.717) is 6.54 Å². The molecule has 0 aliphatic carbocycles. The predicted molar refractivity (Wildman–Crippen MR) is 71.2 cm³/mol. The van der Waals surface area contributed by atoms with Crippen LogP contribution in [0.25, 0.3) is 0 Å². The van der Waals surface area contributed by atoms with E-state index in [1.807, 2.05) is 24.3 Å². The highest BCUT2D eigenvalue weighted by atomic mass is 16.5. The normalized spacial score (nSPS) is 26.5. The lowest BCUT2D eigenvalue weighted by Crippen LogP contribution is -2.43. The van der Waals surface area contributed by atoms with Gasteiger partial charge in [0.05, 0.1) is 20.3 Å². The van der Waals surface area contributed by atoms with Crippen molar-refractivity contribution in [3.05, 3.63) is 29.8 Å². The minimum Gasteiger partial charge on any atom is -0.497 e. The number of ether oxygens (including phenoxy) is 2. The number of nitrogens with zero attached hydrogens (tertiary/aromatic N) is 1. The van der Waals surface area contributed by atoms with Gasteiger partial charge in [-0.15, -0.1) is 0 Å². The fraction of sp³-hybridized carbons (Fsp3) is 0.500. The maximum atomic E-state index is 11.7. The van der Waals surface area contributed by atoms with Crippen LogP contribution in [0.3, 0.4) is 0 Å². The minimum atomic E-state index is -1.12. The van der Waals surface area contributed by atoms with Crippen LogP contribution in [0.5, 0.6) is 5.75 Å². The topological polar surface area (TPSA) is 79.2 Å². The molecule has 0 radical (unpaired) electrons. The number of likely N-dealkylation sites (tertiary alicyclic amines) is 1. The van der Waals surface area contributed by atoms with Crippen molar-refractivity contribution in [1.82, 2.24) is 4.90 Å².